The van der Waals surface area contributed by atoms with E-state index in [1.807, 2.05) is 6.92 Å². The molecule has 102 valence electrons. The number of hydrogen-bond donors (Lipinski definition) is 2. The molecule has 1 rings (SSSR count). The number of hydrogen-bond acceptors (Lipinski definition) is 6. The van der Waals surface area contributed by atoms with Crippen molar-refractivity contribution in [1.29, 1.82) is 0 Å². The lowest BCUT2D eigenvalue weighted by Crippen LogP contribution is -2.13. The second-order valence-electron chi connectivity index (χ2n) is 3.39. The first-order chi connectivity index (χ1) is 8.76. The van der Waals surface area contributed by atoms with Crippen LogP contribution >= 0.6 is 11.6 Å². The zero-order chi connectivity index (χ0) is 13.2. The third kappa shape index (κ3) is 6.11. The Morgan fingerprint density at radius 1 is 1.33 bits per heavy atom. The van der Waals surface area contributed by atoms with Gasteiger partial charge in [0.15, 0.2) is 5.82 Å². The van der Waals surface area contributed by atoms with E-state index in [4.69, 9.17) is 26.2 Å². The van der Waals surface area contributed by atoms with Crippen LogP contribution in [0.4, 0.5) is 5.82 Å². The van der Waals surface area contributed by atoms with E-state index >= 15 is 0 Å². The number of rotatable bonds is 9. The van der Waals surface area contributed by atoms with Crippen molar-refractivity contribution in [3.05, 3.63) is 17.0 Å². The molecule has 1 heterocycles. The average Bonchev–Trinajstić information content (AvgIpc) is 2.35. The Kier molecular flexibility index (Phi) is 7.59. The molecule has 0 saturated carbocycles. The smallest absolute Gasteiger partial charge is 0.158 e. The van der Waals surface area contributed by atoms with E-state index < -0.39 is 0 Å². The van der Waals surface area contributed by atoms with Gasteiger partial charge in [0.2, 0.25) is 0 Å². The number of anilines is 1. The summed E-state index contributed by atoms with van der Waals surface area (Å²) in [6, 6.07) is 1.64. The number of halogens is 1. The first-order valence-corrected chi connectivity index (χ1v) is 6.17. The van der Waals surface area contributed by atoms with Crippen LogP contribution in [0.5, 0.6) is 0 Å². The molecule has 0 bridgehead atoms. The van der Waals surface area contributed by atoms with E-state index in [9.17, 15) is 0 Å². The van der Waals surface area contributed by atoms with Gasteiger partial charge in [-0.05, 0) is 6.92 Å². The quantitative estimate of drug-likeness (QED) is 0.519. The van der Waals surface area contributed by atoms with Crippen LogP contribution in [0.2, 0.25) is 5.15 Å². The summed E-state index contributed by atoms with van der Waals surface area (Å²) in [5.74, 6) is 1.18. The molecule has 0 amide bonds. The molecule has 0 aliphatic rings. The fourth-order valence-electron chi connectivity index (χ4n) is 1.23. The summed E-state index contributed by atoms with van der Waals surface area (Å²) in [5.41, 5.74) is 0. The van der Waals surface area contributed by atoms with Crippen molar-refractivity contribution < 1.29 is 14.6 Å². The van der Waals surface area contributed by atoms with Crippen molar-refractivity contribution in [2.75, 3.05) is 38.3 Å². The molecule has 0 spiro atoms. The Morgan fingerprint density at radius 2 is 2.17 bits per heavy atom. The molecule has 18 heavy (non-hydrogen) atoms. The zero-order valence-corrected chi connectivity index (χ0v) is 11.1. The highest BCUT2D eigenvalue weighted by molar-refractivity contribution is 6.29. The monoisotopic (exact) mass is 275 g/mol. The standard InChI is InChI=1S/C11H18ClN3O3/c1-2-17-8-11-14-9(12)7-10(15-11)13-3-5-18-6-4-16/h7,16H,2-6,8H2,1H3,(H,13,14,15). The van der Waals surface area contributed by atoms with Crippen LogP contribution in [-0.2, 0) is 16.1 Å². The molecule has 1 aromatic rings. The van der Waals surface area contributed by atoms with Crippen molar-refractivity contribution in [1.82, 2.24) is 9.97 Å². The van der Waals surface area contributed by atoms with E-state index in [1.54, 1.807) is 6.07 Å². The van der Waals surface area contributed by atoms with Gasteiger partial charge in [0.25, 0.3) is 0 Å². The van der Waals surface area contributed by atoms with Gasteiger partial charge in [-0.3, -0.25) is 0 Å². The minimum absolute atomic E-state index is 0.0256. The summed E-state index contributed by atoms with van der Waals surface area (Å²) in [4.78, 5) is 8.31. The molecule has 0 saturated heterocycles. The number of nitrogens with zero attached hydrogens (tertiary/aromatic N) is 2. The minimum Gasteiger partial charge on any atom is -0.394 e. The normalized spacial score (nSPS) is 10.6. The molecule has 0 unspecified atom stereocenters. The lowest BCUT2D eigenvalue weighted by molar-refractivity contribution is 0.0991. The highest BCUT2D eigenvalue weighted by Crippen LogP contribution is 2.11. The predicted molar refractivity (Wildman–Crippen MR) is 68.8 cm³/mol. The minimum atomic E-state index is 0.0256. The van der Waals surface area contributed by atoms with Gasteiger partial charge in [0, 0.05) is 19.2 Å². The molecule has 0 radical (unpaired) electrons. The summed E-state index contributed by atoms with van der Waals surface area (Å²) in [5, 5.41) is 12.0. The van der Waals surface area contributed by atoms with E-state index in [1.165, 1.54) is 0 Å². The molecule has 0 aromatic carbocycles. The lowest BCUT2D eigenvalue weighted by atomic mass is 10.5. The third-order valence-electron chi connectivity index (χ3n) is 1.96. The molecule has 0 aliphatic carbocycles. The van der Waals surface area contributed by atoms with Crippen LogP contribution in [0.1, 0.15) is 12.7 Å². The maximum absolute atomic E-state index is 8.54. The molecule has 1 aromatic heterocycles. The fraction of sp³-hybridized carbons (Fsp3) is 0.636. The molecule has 0 aliphatic heterocycles. The van der Waals surface area contributed by atoms with Gasteiger partial charge in [-0.2, -0.15) is 0 Å². The third-order valence-corrected chi connectivity index (χ3v) is 2.16. The van der Waals surface area contributed by atoms with Crippen LogP contribution in [0.15, 0.2) is 6.07 Å². The number of aliphatic hydroxyl groups is 1. The average molecular weight is 276 g/mol. The van der Waals surface area contributed by atoms with Crippen LogP contribution < -0.4 is 5.32 Å². The Balaban J connectivity index is 2.41. The SMILES string of the molecule is CCOCc1nc(Cl)cc(NCCOCCO)n1. The molecule has 0 fully saturated rings. The number of nitrogens with one attached hydrogen (secondary N) is 1. The van der Waals surface area contributed by atoms with Crippen molar-refractivity contribution in [3.8, 4) is 0 Å². The Labute approximate surface area is 111 Å². The molecular weight excluding hydrogens is 258 g/mol. The fourth-order valence-corrected chi connectivity index (χ4v) is 1.43. The van der Waals surface area contributed by atoms with Gasteiger partial charge >= 0.3 is 0 Å². The summed E-state index contributed by atoms with van der Waals surface area (Å²) in [6.45, 7) is 4.28. The first-order valence-electron chi connectivity index (χ1n) is 5.80. The molecule has 6 nitrogen and oxygen atoms in total. The van der Waals surface area contributed by atoms with Crippen LogP contribution in [-0.4, -0.2) is 48.0 Å². The van der Waals surface area contributed by atoms with Gasteiger partial charge in [-0.25, -0.2) is 9.97 Å². The zero-order valence-electron chi connectivity index (χ0n) is 10.4. The van der Waals surface area contributed by atoms with Crippen LogP contribution in [0, 0.1) is 0 Å². The second-order valence-corrected chi connectivity index (χ2v) is 3.78. The Bertz CT molecular complexity index is 352. The number of aliphatic hydroxyl groups excluding tert-OH is 1. The summed E-state index contributed by atoms with van der Waals surface area (Å²) >= 11 is 5.88. The van der Waals surface area contributed by atoms with Gasteiger partial charge in [-0.15, -0.1) is 0 Å². The van der Waals surface area contributed by atoms with Crippen molar-refractivity contribution in [2.45, 2.75) is 13.5 Å². The highest BCUT2D eigenvalue weighted by atomic mass is 35.5. The highest BCUT2D eigenvalue weighted by Gasteiger charge is 2.03. The van der Waals surface area contributed by atoms with Crippen molar-refractivity contribution in [2.24, 2.45) is 0 Å². The Morgan fingerprint density at radius 3 is 2.89 bits per heavy atom. The number of aromatic nitrogens is 2. The molecule has 0 atom stereocenters. The summed E-state index contributed by atoms with van der Waals surface area (Å²) in [6.07, 6.45) is 0. The molecule has 2 N–H and O–H groups in total. The Hall–Kier alpha value is -0.950. The van der Waals surface area contributed by atoms with Crippen LogP contribution in [0.3, 0.4) is 0 Å². The van der Waals surface area contributed by atoms with Crippen molar-refractivity contribution in [3.63, 3.8) is 0 Å². The van der Waals surface area contributed by atoms with Gasteiger partial charge in [0.05, 0.1) is 19.8 Å². The van der Waals surface area contributed by atoms with E-state index in [2.05, 4.69) is 15.3 Å². The second kappa shape index (κ2) is 9.04. The lowest BCUT2D eigenvalue weighted by Gasteiger charge is -2.08. The molecule has 7 heteroatoms. The predicted octanol–water partition coefficient (Wildman–Crippen LogP) is 1.09. The van der Waals surface area contributed by atoms with Gasteiger partial charge < -0.3 is 19.9 Å². The molecular formula is C11H18ClN3O3. The maximum Gasteiger partial charge on any atom is 0.158 e. The van der Waals surface area contributed by atoms with Gasteiger partial charge in [-0.1, -0.05) is 11.6 Å². The summed E-state index contributed by atoms with van der Waals surface area (Å²) in [7, 11) is 0. The summed E-state index contributed by atoms with van der Waals surface area (Å²) < 4.78 is 10.3. The van der Waals surface area contributed by atoms with Crippen molar-refractivity contribution >= 4 is 17.4 Å². The van der Waals surface area contributed by atoms with E-state index in [0.29, 0.717) is 49.8 Å². The largest absolute Gasteiger partial charge is 0.394 e. The topological polar surface area (TPSA) is 76.5 Å². The van der Waals surface area contributed by atoms with Gasteiger partial charge in [0.1, 0.15) is 17.6 Å². The van der Waals surface area contributed by atoms with E-state index in [0.717, 1.165) is 0 Å². The van der Waals surface area contributed by atoms with E-state index in [-0.39, 0.29) is 6.61 Å². The van der Waals surface area contributed by atoms with Crippen LogP contribution in [0.25, 0.3) is 0 Å². The number of ether oxygens (including phenoxy) is 2. The first kappa shape index (κ1) is 15.1. The maximum atomic E-state index is 8.54.